The van der Waals surface area contributed by atoms with Crippen molar-refractivity contribution in [3.63, 3.8) is 0 Å². The molecule has 0 spiro atoms. The fourth-order valence-corrected chi connectivity index (χ4v) is 2.18. The molecule has 0 aromatic heterocycles. The van der Waals surface area contributed by atoms with E-state index in [-0.39, 0.29) is 0 Å². The molecule has 10 nitrogen and oxygen atoms in total. The second kappa shape index (κ2) is 5.15. The van der Waals surface area contributed by atoms with Crippen LogP contribution in [0, 0.1) is 0 Å². The van der Waals surface area contributed by atoms with Crippen molar-refractivity contribution < 1.29 is 47.7 Å². The van der Waals surface area contributed by atoms with Crippen molar-refractivity contribution in [2.75, 3.05) is 6.61 Å². The highest BCUT2D eigenvalue weighted by Gasteiger charge is 2.37. The number of aliphatic hydroxyl groups is 1. The molecular formula is C3H8O10P2. The van der Waals surface area contributed by atoms with E-state index in [1.807, 2.05) is 0 Å². The third kappa shape index (κ3) is 6.72. The maximum atomic E-state index is 10.7. The highest BCUT2D eigenvalue weighted by Crippen LogP contribution is 2.58. The van der Waals surface area contributed by atoms with Crippen LogP contribution >= 0.6 is 15.6 Å². The highest BCUT2D eigenvalue weighted by atomic mass is 31.3. The molecule has 0 aromatic carbocycles. The number of hydrogen-bond acceptors (Lipinski definition) is 6. The van der Waals surface area contributed by atoms with Gasteiger partial charge in [0.15, 0.2) is 6.10 Å². The number of aliphatic carboxylic acids is 1. The number of carboxylic acid groups (broad SMARTS) is 1. The van der Waals surface area contributed by atoms with Crippen molar-refractivity contribution in [3.8, 4) is 0 Å². The Morgan fingerprint density at radius 3 is 2.00 bits per heavy atom. The van der Waals surface area contributed by atoms with E-state index in [1.165, 1.54) is 0 Å². The SMILES string of the molecule is O=C(O)C(CO)OP(=O)(O)OP(=O)(O)O. The van der Waals surface area contributed by atoms with Crippen molar-refractivity contribution in [3.05, 3.63) is 0 Å². The predicted octanol–water partition coefficient (Wildman–Crippen LogP) is -1.34. The Labute approximate surface area is 82.9 Å². The molecule has 0 heterocycles. The first-order valence-corrected chi connectivity index (χ1v) is 6.22. The Bertz CT molecular complexity index is 317. The first-order chi connectivity index (χ1) is 6.57. The molecule has 2 atom stereocenters. The molecule has 2 unspecified atom stereocenters. The Morgan fingerprint density at radius 1 is 1.27 bits per heavy atom. The molecule has 0 amide bonds. The van der Waals surface area contributed by atoms with Crippen LogP contribution in [0.25, 0.3) is 0 Å². The van der Waals surface area contributed by atoms with Crippen molar-refractivity contribution in [2.45, 2.75) is 6.10 Å². The summed E-state index contributed by atoms with van der Waals surface area (Å²) in [5.74, 6) is -1.79. The van der Waals surface area contributed by atoms with Crippen LogP contribution in [0.3, 0.4) is 0 Å². The van der Waals surface area contributed by atoms with E-state index in [0.29, 0.717) is 0 Å². The molecule has 0 aliphatic carbocycles. The molecule has 0 rings (SSSR count). The van der Waals surface area contributed by atoms with Crippen molar-refractivity contribution in [1.82, 2.24) is 0 Å². The van der Waals surface area contributed by atoms with Crippen LogP contribution < -0.4 is 0 Å². The maximum absolute atomic E-state index is 10.7. The first-order valence-electron chi connectivity index (χ1n) is 3.19. The summed E-state index contributed by atoms with van der Waals surface area (Å²) >= 11 is 0. The van der Waals surface area contributed by atoms with Gasteiger partial charge in [0.2, 0.25) is 0 Å². The minimum Gasteiger partial charge on any atom is -0.479 e. The van der Waals surface area contributed by atoms with Crippen LogP contribution in [0.4, 0.5) is 0 Å². The van der Waals surface area contributed by atoms with Gasteiger partial charge in [0.25, 0.3) is 0 Å². The number of phosphoric acid groups is 2. The van der Waals surface area contributed by atoms with Gasteiger partial charge < -0.3 is 24.9 Å². The van der Waals surface area contributed by atoms with Crippen molar-refractivity contribution >= 4 is 21.6 Å². The van der Waals surface area contributed by atoms with Gasteiger partial charge in [-0.05, 0) is 0 Å². The molecule has 0 saturated heterocycles. The Hall–Kier alpha value is -0.310. The van der Waals surface area contributed by atoms with Crippen LogP contribution in [-0.4, -0.2) is 43.6 Å². The summed E-state index contributed by atoms with van der Waals surface area (Å²) in [4.78, 5) is 35.1. The minimum atomic E-state index is -5.30. The van der Waals surface area contributed by atoms with Gasteiger partial charge in [-0.25, -0.2) is 13.9 Å². The Morgan fingerprint density at radius 2 is 1.73 bits per heavy atom. The van der Waals surface area contributed by atoms with Crippen molar-refractivity contribution in [2.24, 2.45) is 0 Å². The monoisotopic (exact) mass is 266 g/mol. The quantitative estimate of drug-likeness (QED) is 0.362. The Kier molecular flexibility index (Phi) is 5.04. The normalized spacial score (nSPS) is 18.1. The molecule has 12 heteroatoms. The largest absolute Gasteiger partial charge is 0.482 e. The molecule has 15 heavy (non-hydrogen) atoms. The lowest BCUT2D eigenvalue weighted by Crippen LogP contribution is -2.26. The van der Waals surface area contributed by atoms with Gasteiger partial charge in [0.05, 0.1) is 6.61 Å². The average Bonchev–Trinajstić information content (AvgIpc) is 1.94. The van der Waals surface area contributed by atoms with Crippen LogP contribution in [0.1, 0.15) is 0 Å². The van der Waals surface area contributed by atoms with Crippen LogP contribution in [-0.2, 0) is 22.8 Å². The number of hydrogen-bond donors (Lipinski definition) is 5. The summed E-state index contributed by atoms with van der Waals surface area (Å²) in [7, 11) is -10.5. The van der Waals surface area contributed by atoms with Gasteiger partial charge >= 0.3 is 21.6 Å². The molecular weight excluding hydrogens is 258 g/mol. The zero-order valence-corrected chi connectivity index (χ0v) is 8.75. The molecule has 0 aliphatic heterocycles. The number of aliphatic hydroxyl groups excluding tert-OH is 1. The zero-order chi connectivity index (χ0) is 12.3. The van der Waals surface area contributed by atoms with Gasteiger partial charge in [-0.2, -0.15) is 4.31 Å². The predicted molar refractivity (Wildman–Crippen MR) is 42.5 cm³/mol. The van der Waals surface area contributed by atoms with Gasteiger partial charge in [0, 0.05) is 0 Å². The molecule has 0 saturated carbocycles. The topological polar surface area (TPSA) is 171 Å². The second-order valence-corrected chi connectivity index (χ2v) is 4.94. The molecule has 90 valence electrons. The molecule has 0 radical (unpaired) electrons. The number of rotatable bonds is 6. The standard InChI is InChI=1S/C3H8O10P2/c4-1-2(3(5)6)12-15(10,11)13-14(7,8)9/h2,4H,1H2,(H,5,6)(H,10,11)(H2,7,8,9). The fraction of sp³-hybridized carbons (Fsp3) is 0.667. The van der Waals surface area contributed by atoms with E-state index in [9.17, 15) is 13.9 Å². The van der Waals surface area contributed by atoms with Crippen LogP contribution in [0.5, 0.6) is 0 Å². The second-order valence-electron chi connectivity index (χ2n) is 2.16. The lowest BCUT2D eigenvalue weighted by Gasteiger charge is -2.15. The first kappa shape index (κ1) is 14.7. The minimum absolute atomic E-state index is 1.16. The summed E-state index contributed by atoms with van der Waals surface area (Å²) < 4.78 is 27.9. The smallest absolute Gasteiger partial charge is 0.479 e. The molecule has 0 aromatic rings. The Balaban J connectivity index is 4.56. The average molecular weight is 266 g/mol. The molecule has 0 bridgehead atoms. The zero-order valence-electron chi connectivity index (χ0n) is 6.96. The summed E-state index contributed by atoms with van der Waals surface area (Å²) in [6, 6.07) is 0. The summed E-state index contributed by atoms with van der Waals surface area (Å²) in [6.45, 7) is -1.16. The van der Waals surface area contributed by atoms with Gasteiger partial charge in [-0.3, -0.25) is 4.52 Å². The lowest BCUT2D eigenvalue weighted by molar-refractivity contribution is -0.147. The van der Waals surface area contributed by atoms with E-state index in [0.717, 1.165) is 0 Å². The van der Waals surface area contributed by atoms with E-state index < -0.39 is 34.3 Å². The number of phosphoric ester groups is 1. The van der Waals surface area contributed by atoms with E-state index in [2.05, 4.69) is 8.83 Å². The summed E-state index contributed by atoms with van der Waals surface area (Å²) in [6.07, 6.45) is -2.12. The van der Waals surface area contributed by atoms with Crippen molar-refractivity contribution in [1.29, 1.82) is 0 Å². The summed E-state index contributed by atoms with van der Waals surface area (Å²) in [5.41, 5.74) is 0. The fourth-order valence-electron chi connectivity index (χ4n) is 0.471. The number of carboxylic acids is 1. The van der Waals surface area contributed by atoms with Gasteiger partial charge in [-0.15, -0.1) is 0 Å². The summed E-state index contributed by atoms with van der Waals surface area (Å²) in [5, 5.41) is 16.6. The third-order valence-corrected chi connectivity index (χ3v) is 3.11. The van der Waals surface area contributed by atoms with E-state index in [1.54, 1.807) is 0 Å². The van der Waals surface area contributed by atoms with Crippen LogP contribution in [0.2, 0.25) is 0 Å². The maximum Gasteiger partial charge on any atom is 0.482 e. The number of carbonyl (C=O) groups is 1. The molecule has 0 fully saturated rings. The van der Waals surface area contributed by atoms with Gasteiger partial charge in [0.1, 0.15) is 0 Å². The lowest BCUT2D eigenvalue weighted by atomic mass is 10.4. The molecule has 5 N–H and O–H groups in total. The molecule has 0 aliphatic rings. The highest BCUT2D eigenvalue weighted by molar-refractivity contribution is 7.60. The van der Waals surface area contributed by atoms with E-state index >= 15 is 0 Å². The van der Waals surface area contributed by atoms with E-state index in [4.69, 9.17) is 24.9 Å². The van der Waals surface area contributed by atoms with Gasteiger partial charge in [-0.1, -0.05) is 0 Å². The van der Waals surface area contributed by atoms with Crippen LogP contribution in [0.15, 0.2) is 0 Å². The third-order valence-electron chi connectivity index (χ3n) is 0.911.